The van der Waals surface area contributed by atoms with Gasteiger partial charge >= 0.3 is 0 Å². The average molecular weight is 474 g/mol. The monoisotopic (exact) mass is 473 g/mol. The maximum Gasteiger partial charge on any atom is 0.224 e. The Balaban J connectivity index is 2.01. The van der Waals surface area contributed by atoms with Crippen molar-refractivity contribution in [3.05, 3.63) is 6.33 Å². The first-order chi connectivity index (χ1) is 14.4. The van der Waals surface area contributed by atoms with E-state index >= 15 is 0 Å². The quantitative estimate of drug-likeness (QED) is 0.557. The van der Waals surface area contributed by atoms with Gasteiger partial charge in [-0.25, -0.2) is 4.98 Å². The van der Waals surface area contributed by atoms with Crippen LogP contribution in [-0.4, -0.2) is 62.8 Å². The molecule has 1 fully saturated rings. The third-order valence-corrected chi connectivity index (χ3v) is 9.04. The van der Waals surface area contributed by atoms with Crippen molar-refractivity contribution in [3.8, 4) is 0 Å². The molecule has 1 aliphatic heterocycles. The van der Waals surface area contributed by atoms with Crippen molar-refractivity contribution < 1.29 is 23.6 Å². The zero-order chi connectivity index (χ0) is 23.1. The summed E-state index contributed by atoms with van der Waals surface area (Å²) in [4.78, 5) is 25.7. The van der Waals surface area contributed by atoms with Crippen LogP contribution in [0.25, 0.3) is 11.2 Å². The topological polar surface area (TPSA) is 156 Å². The van der Waals surface area contributed by atoms with Crippen LogP contribution in [0.4, 0.5) is 11.8 Å². The van der Waals surface area contributed by atoms with E-state index in [2.05, 4.69) is 15.0 Å². The molecule has 174 valence electrons. The van der Waals surface area contributed by atoms with E-state index in [1.165, 1.54) is 13.4 Å². The number of nitrogen functional groups attached to an aromatic ring is 2. The Labute approximate surface area is 186 Å². The zero-order valence-electron chi connectivity index (χ0n) is 18.5. The van der Waals surface area contributed by atoms with Crippen molar-refractivity contribution in [1.82, 2.24) is 19.5 Å². The Morgan fingerprint density at radius 3 is 2.55 bits per heavy atom. The van der Waals surface area contributed by atoms with Crippen molar-refractivity contribution >= 4 is 41.2 Å². The first-order valence-electron chi connectivity index (χ1n) is 9.90. The van der Waals surface area contributed by atoms with Crippen LogP contribution in [-0.2, 0) is 30.5 Å². The van der Waals surface area contributed by atoms with Gasteiger partial charge in [0, 0.05) is 18.8 Å². The predicted molar refractivity (Wildman–Crippen MR) is 119 cm³/mol. The highest BCUT2D eigenvalue weighted by Crippen LogP contribution is 2.54. The number of nitrogens with zero attached hydrogens (tertiary/aromatic N) is 4. The van der Waals surface area contributed by atoms with Crippen molar-refractivity contribution in [2.45, 2.75) is 70.4 Å². The minimum Gasteiger partial charge on any atom is -0.800 e. The molecule has 0 spiro atoms. The van der Waals surface area contributed by atoms with Gasteiger partial charge in [0.05, 0.1) is 19.0 Å². The Hall–Kier alpha value is -1.40. The summed E-state index contributed by atoms with van der Waals surface area (Å²) in [7, 11) is 1.52. The van der Waals surface area contributed by atoms with Crippen LogP contribution in [0.1, 0.15) is 40.8 Å². The highest BCUT2D eigenvalue weighted by molar-refractivity contribution is 8.09. The molecule has 2 unspecified atom stereocenters. The van der Waals surface area contributed by atoms with Gasteiger partial charge in [-0.05, 0) is 13.8 Å². The molecule has 13 heteroatoms. The fraction of sp³-hybridized carbons (Fsp3) is 0.722. The molecule has 11 nitrogen and oxygen atoms in total. The van der Waals surface area contributed by atoms with Crippen LogP contribution < -0.4 is 16.4 Å². The van der Waals surface area contributed by atoms with Gasteiger partial charge in [-0.1, -0.05) is 32.6 Å². The van der Waals surface area contributed by atoms with Crippen molar-refractivity contribution in [3.63, 3.8) is 0 Å². The number of methoxy groups -OCH3 is 1. The Morgan fingerprint density at radius 2 is 1.97 bits per heavy atom. The molecular formula is C18H30N6O5PS-. The second kappa shape index (κ2) is 8.86. The highest BCUT2D eigenvalue weighted by Gasteiger charge is 2.49. The number of hydrogen-bond donors (Lipinski definition) is 2. The number of nitrogens with two attached hydrogens (primary N) is 2. The molecule has 0 aliphatic carbocycles. The summed E-state index contributed by atoms with van der Waals surface area (Å²) in [5, 5.41) is -0.736. The van der Waals surface area contributed by atoms with Crippen molar-refractivity contribution in [2.75, 3.05) is 25.2 Å². The van der Waals surface area contributed by atoms with E-state index in [0.717, 1.165) is 0 Å². The zero-order valence-corrected chi connectivity index (χ0v) is 20.2. The van der Waals surface area contributed by atoms with Gasteiger partial charge in [0.2, 0.25) is 5.95 Å². The first kappa shape index (κ1) is 24.2. The number of fused-ring (bicyclic) bond motifs is 1. The first-order valence-corrected chi connectivity index (χ1v) is 12.5. The SMILES string of the molecule is COC1[C@@H](OP([O-])(=S)C(C)(C)C)[C@@H](COC(C)C)O[C@H]1n1cnc2c(N)nc(N)nc21. The fourth-order valence-electron chi connectivity index (χ4n) is 3.19. The van der Waals surface area contributed by atoms with E-state index in [1.54, 1.807) is 25.3 Å². The van der Waals surface area contributed by atoms with Crippen LogP contribution in [0.2, 0.25) is 0 Å². The highest BCUT2D eigenvalue weighted by atomic mass is 32.5. The van der Waals surface area contributed by atoms with Gasteiger partial charge in [0.25, 0.3) is 0 Å². The molecule has 1 aliphatic rings. The second-order valence-corrected chi connectivity index (χ2v) is 12.7. The maximum atomic E-state index is 13.2. The molecular weight excluding hydrogens is 443 g/mol. The molecule has 3 rings (SSSR count). The number of aromatic nitrogens is 4. The summed E-state index contributed by atoms with van der Waals surface area (Å²) in [6, 6.07) is 0. The molecule has 0 saturated carbocycles. The van der Waals surface area contributed by atoms with Crippen LogP contribution in [0, 0.1) is 0 Å². The lowest BCUT2D eigenvalue weighted by Crippen LogP contribution is -2.40. The van der Waals surface area contributed by atoms with Gasteiger partial charge in [0.1, 0.15) is 23.8 Å². The molecule has 0 radical (unpaired) electrons. The van der Waals surface area contributed by atoms with Crippen LogP contribution in [0.15, 0.2) is 6.33 Å². The van der Waals surface area contributed by atoms with Gasteiger partial charge in [-0.2, -0.15) is 9.97 Å². The lowest BCUT2D eigenvalue weighted by Gasteiger charge is -2.43. The summed E-state index contributed by atoms with van der Waals surface area (Å²) >= 11 is 5.37. The summed E-state index contributed by atoms with van der Waals surface area (Å²) in [5.74, 6) is 0.164. The predicted octanol–water partition coefficient (Wildman–Crippen LogP) is 1.18. The molecule has 4 N–H and O–H groups in total. The van der Waals surface area contributed by atoms with Crippen LogP contribution >= 0.6 is 6.49 Å². The second-order valence-electron chi connectivity index (χ2n) is 8.68. The number of hydrogen-bond acceptors (Lipinski definition) is 11. The largest absolute Gasteiger partial charge is 0.800 e. The van der Waals surface area contributed by atoms with Gasteiger partial charge in [-0.15, -0.1) is 0 Å². The molecule has 31 heavy (non-hydrogen) atoms. The summed E-state index contributed by atoms with van der Waals surface area (Å²) < 4.78 is 25.4. The van der Waals surface area contributed by atoms with E-state index < -0.39 is 36.2 Å². The Kier molecular flexibility index (Phi) is 6.93. The molecule has 1 saturated heterocycles. The molecule has 2 aromatic rings. The summed E-state index contributed by atoms with van der Waals surface area (Å²) in [6.07, 6.45) is -1.25. The molecule has 5 atom stereocenters. The van der Waals surface area contributed by atoms with Crippen LogP contribution in [0.5, 0.6) is 0 Å². The number of anilines is 2. The number of rotatable bonds is 7. The average Bonchev–Trinajstić information content (AvgIpc) is 3.19. The standard InChI is InChI=1S/C18H31N6O5PS/c1-9(2)27-7-10-12(29-30(25,31)18(3,4)5)13(26-6)16(28-10)24-8-21-11-14(19)22-17(20)23-15(11)24/h8-10,12-13,16H,7H2,1-6H3,(H,25,31)(H4,19,20,22,23)/p-1/t10-,12+,13?,16-,30?/m1/s1. The molecule has 0 bridgehead atoms. The Morgan fingerprint density at radius 1 is 1.29 bits per heavy atom. The van der Waals surface area contributed by atoms with Gasteiger partial charge < -0.3 is 35.1 Å². The minimum atomic E-state index is -3.45. The van der Waals surface area contributed by atoms with E-state index in [9.17, 15) is 4.89 Å². The fourth-order valence-corrected chi connectivity index (χ4v) is 4.38. The maximum absolute atomic E-state index is 13.2. The lowest BCUT2D eigenvalue weighted by atomic mass is 10.1. The van der Waals surface area contributed by atoms with E-state index in [-0.39, 0.29) is 24.5 Å². The van der Waals surface area contributed by atoms with Gasteiger partial charge in [0.15, 0.2) is 17.7 Å². The van der Waals surface area contributed by atoms with E-state index in [1.807, 2.05) is 13.8 Å². The summed E-state index contributed by atoms with van der Waals surface area (Å²) in [6.45, 7) is 5.91. The van der Waals surface area contributed by atoms with E-state index in [4.69, 9.17) is 42.0 Å². The molecule has 2 aromatic heterocycles. The summed E-state index contributed by atoms with van der Waals surface area (Å²) in [5.41, 5.74) is 12.5. The third kappa shape index (κ3) is 4.85. The molecule has 0 amide bonds. The third-order valence-electron chi connectivity index (χ3n) is 4.97. The van der Waals surface area contributed by atoms with Crippen molar-refractivity contribution in [2.24, 2.45) is 0 Å². The number of imidazole rings is 1. The number of ether oxygens (including phenoxy) is 3. The molecule has 3 heterocycles. The van der Waals surface area contributed by atoms with Crippen molar-refractivity contribution in [1.29, 1.82) is 0 Å². The smallest absolute Gasteiger partial charge is 0.224 e. The van der Waals surface area contributed by atoms with E-state index in [0.29, 0.717) is 11.2 Å². The normalized spacial score (nSPS) is 26.6. The Bertz CT molecular complexity index is 980. The van der Waals surface area contributed by atoms with Gasteiger partial charge in [-0.3, -0.25) is 4.57 Å². The molecule has 0 aromatic carbocycles. The minimum absolute atomic E-state index is 0.00833. The van der Waals surface area contributed by atoms with Crippen LogP contribution in [0.3, 0.4) is 0 Å². The lowest BCUT2D eigenvalue weighted by molar-refractivity contribution is -0.196.